The number of carboxylic acid groups (broad SMARTS) is 1. The number of nitrogens with zero attached hydrogens (tertiary/aromatic N) is 1. The number of allylic oxidation sites excluding steroid dienone is 5. The molecular weight excluding hydrogens is 524 g/mol. The molecule has 0 aromatic heterocycles. The van der Waals surface area contributed by atoms with Crippen LogP contribution in [0.25, 0.3) is 5.57 Å². The van der Waals surface area contributed by atoms with E-state index in [0.29, 0.717) is 34.7 Å². The predicted molar refractivity (Wildman–Crippen MR) is 167 cm³/mol. The fraction of sp³-hybridized carbons (Fsp3) is 0.424. The monoisotopic (exact) mass is 568 g/mol. The van der Waals surface area contributed by atoms with Gasteiger partial charge in [-0.2, -0.15) is 0 Å². The van der Waals surface area contributed by atoms with Crippen LogP contribution in [-0.4, -0.2) is 23.1 Å². The average molecular weight is 569 g/mol. The normalized spacial score (nSPS) is 15.2. The maximum atomic E-state index is 12.7. The highest BCUT2D eigenvalue weighted by Crippen LogP contribution is 2.39. The third kappa shape index (κ3) is 9.09. The largest absolute Gasteiger partial charge is 0.481 e. The zero-order valence-electron chi connectivity index (χ0n) is 25.3. The number of nitrogens with two attached hydrogens (primary N) is 1. The summed E-state index contributed by atoms with van der Waals surface area (Å²) in [6.45, 7) is 22.9. The van der Waals surface area contributed by atoms with Gasteiger partial charge in [-0.25, -0.2) is 4.99 Å². The highest BCUT2D eigenvalue weighted by Gasteiger charge is 2.37. The van der Waals surface area contributed by atoms with Crippen LogP contribution in [0, 0.1) is 17.8 Å². The molecule has 0 saturated heterocycles. The molecule has 0 amide bonds. The summed E-state index contributed by atoms with van der Waals surface area (Å²) in [6.07, 6.45) is 6.97. The van der Waals surface area contributed by atoms with Gasteiger partial charge in [0.25, 0.3) is 0 Å². The van der Waals surface area contributed by atoms with Gasteiger partial charge in [0.2, 0.25) is 0 Å². The first-order valence-electron chi connectivity index (χ1n) is 13.4. The molecule has 0 spiro atoms. The van der Waals surface area contributed by atoms with E-state index < -0.39 is 16.8 Å². The smallest absolute Gasteiger partial charge is 0.309 e. The molecule has 0 saturated carbocycles. The van der Waals surface area contributed by atoms with E-state index in [4.69, 9.17) is 22.1 Å². The standard InChI is InChI=1S/C33H45ClN2O4/c1-11-12-13-22(3)29(30(35)36-25(6)24(5)28-15-14-27(34)18-23(28)4)33(10,20-37)26(7)40-19-21(2)16-17-32(8,9)31(38)39/h13-15,18-20H,5,7,11-12,16-17,35H2,1-4,6,8-10H3,(H,38,39)/b21-19+,22-13+,30-29+,36-25+. The number of halogens is 1. The molecule has 7 heteroatoms. The van der Waals surface area contributed by atoms with Crippen molar-refractivity contribution in [2.45, 2.75) is 81.1 Å². The molecule has 1 unspecified atom stereocenters. The lowest BCUT2D eigenvalue weighted by atomic mass is 9.77. The molecule has 0 aliphatic heterocycles. The summed E-state index contributed by atoms with van der Waals surface area (Å²) in [7, 11) is 0. The summed E-state index contributed by atoms with van der Waals surface area (Å²) >= 11 is 6.12. The Hall–Kier alpha value is -3.38. The van der Waals surface area contributed by atoms with Gasteiger partial charge in [-0.1, -0.05) is 50.2 Å². The molecule has 0 aliphatic carbocycles. The second-order valence-electron chi connectivity index (χ2n) is 11.1. The van der Waals surface area contributed by atoms with E-state index in [-0.39, 0.29) is 11.6 Å². The Labute approximate surface area is 245 Å². The van der Waals surface area contributed by atoms with Crippen LogP contribution in [0.1, 0.15) is 85.3 Å². The quantitative estimate of drug-likeness (QED) is 0.0954. The van der Waals surface area contributed by atoms with Crippen LogP contribution >= 0.6 is 11.6 Å². The molecule has 1 aromatic carbocycles. The Balaban J connectivity index is 3.50. The van der Waals surface area contributed by atoms with Crippen molar-refractivity contribution in [3.05, 3.63) is 88.1 Å². The second-order valence-corrected chi connectivity index (χ2v) is 11.5. The maximum absolute atomic E-state index is 12.7. The number of benzene rings is 1. The number of hydrogen-bond donors (Lipinski definition) is 2. The molecule has 1 rings (SSSR count). The number of carbonyl (C=O) groups excluding carboxylic acids is 1. The third-order valence-electron chi connectivity index (χ3n) is 7.09. The van der Waals surface area contributed by atoms with Gasteiger partial charge >= 0.3 is 5.97 Å². The van der Waals surface area contributed by atoms with Crippen molar-refractivity contribution in [2.24, 2.45) is 21.6 Å². The van der Waals surface area contributed by atoms with E-state index in [2.05, 4.69) is 25.1 Å². The number of ether oxygens (including phenoxy) is 1. The molecule has 218 valence electrons. The molecular formula is C33H45ClN2O4. The summed E-state index contributed by atoms with van der Waals surface area (Å²) in [6, 6.07) is 5.55. The fourth-order valence-electron chi connectivity index (χ4n) is 4.04. The number of carboxylic acids is 1. The molecule has 6 nitrogen and oxygen atoms in total. The molecule has 0 fully saturated rings. The van der Waals surface area contributed by atoms with Crippen LogP contribution in [-0.2, 0) is 14.3 Å². The number of aliphatic carboxylic acids is 1. The number of aldehydes is 1. The van der Waals surface area contributed by atoms with Gasteiger partial charge in [0.15, 0.2) is 0 Å². The van der Waals surface area contributed by atoms with E-state index in [1.807, 2.05) is 45.9 Å². The Morgan fingerprint density at radius 1 is 1.20 bits per heavy atom. The van der Waals surface area contributed by atoms with E-state index in [1.165, 1.54) is 6.26 Å². The number of unbranched alkanes of at least 4 members (excludes halogenated alkanes) is 1. The molecule has 1 atom stereocenters. The van der Waals surface area contributed by atoms with Crippen LogP contribution in [0.5, 0.6) is 0 Å². The highest BCUT2D eigenvalue weighted by molar-refractivity contribution is 6.31. The molecule has 0 heterocycles. The molecule has 0 bridgehead atoms. The minimum absolute atomic E-state index is 0.165. The number of hydrogen-bond acceptors (Lipinski definition) is 5. The topological polar surface area (TPSA) is 102 Å². The molecule has 3 N–H and O–H groups in total. The van der Waals surface area contributed by atoms with Gasteiger partial charge in [0.1, 0.15) is 23.3 Å². The van der Waals surface area contributed by atoms with Gasteiger partial charge in [-0.05, 0) is 108 Å². The Morgan fingerprint density at radius 2 is 1.82 bits per heavy atom. The fourth-order valence-corrected chi connectivity index (χ4v) is 4.27. The molecule has 1 aromatic rings. The second kappa shape index (κ2) is 14.8. The third-order valence-corrected chi connectivity index (χ3v) is 7.32. The minimum atomic E-state index is -1.31. The zero-order valence-corrected chi connectivity index (χ0v) is 26.0. The van der Waals surface area contributed by atoms with Crippen LogP contribution in [0.3, 0.4) is 0 Å². The van der Waals surface area contributed by atoms with Gasteiger partial charge < -0.3 is 20.4 Å². The SMILES string of the molecule is C=C(/C(C)=N/C(N)=C(\C(C)=C\CCC)C(C)(C=O)C(=C)O/C=C(\C)CCC(C)(C)C(=O)O)c1ccc(Cl)cc1C. The van der Waals surface area contributed by atoms with Crippen LogP contribution in [0.2, 0.25) is 5.02 Å². The van der Waals surface area contributed by atoms with Crippen molar-refractivity contribution in [1.29, 1.82) is 0 Å². The van der Waals surface area contributed by atoms with Crippen LogP contribution in [0.15, 0.2) is 77.0 Å². The van der Waals surface area contributed by atoms with Gasteiger partial charge in [0, 0.05) is 16.3 Å². The first-order valence-corrected chi connectivity index (χ1v) is 13.8. The van der Waals surface area contributed by atoms with Gasteiger partial charge in [-0.15, -0.1) is 0 Å². The summed E-state index contributed by atoms with van der Waals surface area (Å²) < 4.78 is 5.89. The average Bonchev–Trinajstić information content (AvgIpc) is 2.88. The lowest BCUT2D eigenvalue weighted by Gasteiger charge is -2.29. The summed E-state index contributed by atoms with van der Waals surface area (Å²) in [5.74, 6) is -0.511. The van der Waals surface area contributed by atoms with Crippen molar-refractivity contribution in [3.8, 4) is 0 Å². The highest BCUT2D eigenvalue weighted by atomic mass is 35.5. The Bertz CT molecular complexity index is 1270. The lowest BCUT2D eigenvalue weighted by molar-refractivity contribution is -0.147. The number of rotatable bonds is 15. The summed E-state index contributed by atoms with van der Waals surface area (Å²) in [5, 5.41) is 10.0. The van der Waals surface area contributed by atoms with Crippen molar-refractivity contribution in [2.75, 3.05) is 0 Å². The molecule has 40 heavy (non-hydrogen) atoms. The molecule has 0 aliphatic rings. The van der Waals surface area contributed by atoms with E-state index >= 15 is 0 Å². The number of aliphatic imine (C=N–C) groups is 1. The van der Waals surface area contributed by atoms with E-state index in [0.717, 1.165) is 41.4 Å². The first-order chi connectivity index (χ1) is 18.5. The first kappa shape index (κ1) is 34.6. The minimum Gasteiger partial charge on any atom is -0.481 e. The maximum Gasteiger partial charge on any atom is 0.309 e. The van der Waals surface area contributed by atoms with Crippen LogP contribution in [0.4, 0.5) is 0 Å². The zero-order chi connectivity index (χ0) is 30.8. The summed E-state index contributed by atoms with van der Waals surface area (Å²) in [5.41, 5.74) is 9.71. The van der Waals surface area contributed by atoms with Gasteiger partial charge in [-0.3, -0.25) is 4.79 Å². The molecule has 0 radical (unpaired) electrons. The van der Waals surface area contributed by atoms with Crippen molar-refractivity contribution in [3.63, 3.8) is 0 Å². The van der Waals surface area contributed by atoms with Crippen molar-refractivity contribution < 1.29 is 19.4 Å². The summed E-state index contributed by atoms with van der Waals surface area (Å²) in [4.78, 5) is 28.8. The van der Waals surface area contributed by atoms with Crippen LogP contribution < -0.4 is 5.73 Å². The Morgan fingerprint density at radius 3 is 2.35 bits per heavy atom. The Kier molecular flexibility index (Phi) is 12.9. The van der Waals surface area contributed by atoms with Crippen molar-refractivity contribution >= 4 is 35.1 Å². The van der Waals surface area contributed by atoms with Gasteiger partial charge in [0.05, 0.1) is 11.7 Å². The number of aryl methyl sites for hydroxylation is 1. The van der Waals surface area contributed by atoms with Crippen molar-refractivity contribution in [1.82, 2.24) is 0 Å². The lowest BCUT2D eigenvalue weighted by Crippen LogP contribution is -2.28. The number of carbonyl (C=O) groups is 2. The van der Waals surface area contributed by atoms with E-state index in [9.17, 15) is 14.7 Å². The predicted octanol–water partition coefficient (Wildman–Crippen LogP) is 8.57. The van der Waals surface area contributed by atoms with E-state index in [1.54, 1.807) is 26.8 Å².